The van der Waals surface area contributed by atoms with Crippen LogP contribution in [0, 0.1) is 0 Å². The summed E-state index contributed by atoms with van der Waals surface area (Å²) in [6.07, 6.45) is 0. The van der Waals surface area contributed by atoms with Gasteiger partial charge in [-0.2, -0.15) is 0 Å². The van der Waals surface area contributed by atoms with Crippen molar-refractivity contribution in [2.75, 3.05) is 52.4 Å². The minimum atomic E-state index is -4.19. The molecule has 1 saturated heterocycles. The van der Waals surface area contributed by atoms with Crippen molar-refractivity contribution in [2.45, 2.75) is 9.79 Å². The van der Waals surface area contributed by atoms with E-state index in [1.165, 1.54) is 48.5 Å². The Morgan fingerprint density at radius 3 is 2.45 bits per heavy atom. The highest BCUT2D eigenvalue weighted by atomic mass is 32.2. The molecule has 0 aliphatic carbocycles. The highest BCUT2D eigenvalue weighted by molar-refractivity contribution is 7.91. The topological polar surface area (TPSA) is 82.4 Å². The molecule has 2 aromatic carbocycles. The normalized spacial score (nSPS) is 29.6. The van der Waals surface area contributed by atoms with Crippen LogP contribution in [0.15, 0.2) is 63.3 Å². The van der Waals surface area contributed by atoms with E-state index in [-0.39, 0.29) is 45.8 Å². The molecule has 1 N–H and O–H groups in total. The molecule has 0 aromatic heterocycles. The van der Waals surface area contributed by atoms with Crippen LogP contribution in [-0.2, 0) is 14.6 Å². The average Bonchev–Trinajstić information content (AvgIpc) is 2.91. The number of para-hydroxylation sites is 1. The zero-order valence-corrected chi connectivity index (χ0v) is 16.2. The van der Waals surface area contributed by atoms with Crippen molar-refractivity contribution in [2.24, 2.45) is 4.99 Å². The molecule has 2 aromatic rings. The molecule has 0 amide bonds. The summed E-state index contributed by atoms with van der Waals surface area (Å²) >= 11 is 0. The van der Waals surface area contributed by atoms with Gasteiger partial charge in [0.25, 0.3) is 0 Å². The third-order valence-corrected chi connectivity index (χ3v) is 6.16. The second-order valence-electron chi connectivity index (χ2n) is 6.17. The number of rotatable bonds is 5. The zero-order chi connectivity index (χ0) is 27.4. The summed E-state index contributed by atoms with van der Waals surface area (Å²) in [6.45, 7) is -14.1. The molecular weight excluding hydrogens is 390 g/mol. The quantitative estimate of drug-likeness (QED) is 0.735. The predicted molar refractivity (Wildman–Crippen MR) is 110 cm³/mol. The number of benzene rings is 2. The highest BCUT2D eigenvalue weighted by Gasteiger charge is 2.31. The molecule has 0 spiro atoms. The molecule has 0 saturated carbocycles. The van der Waals surface area contributed by atoms with E-state index in [9.17, 15) is 8.42 Å². The number of amidine groups is 1. The van der Waals surface area contributed by atoms with Crippen LogP contribution in [-0.4, -0.2) is 81.5 Å². The molecule has 4 rings (SSSR count). The number of piperazine rings is 1. The van der Waals surface area contributed by atoms with E-state index in [1.54, 1.807) is 0 Å². The van der Waals surface area contributed by atoms with Gasteiger partial charge in [0, 0.05) is 43.6 Å². The minimum absolute atomic E-state index is 0.118. The van der Waals surface area contributed by atoms with Crippen molar-refractivity contribution in [3.63, 3.8) is 0 Å². The number of aliphatic imine (C=N–C) groups is 1. The van der Waals surface area contributed by atoms with Gasteiger partial charge in [-0.15, -0.1) is 0 Å². The van der Waals surface area contributed by atoms with Crippen LogP contribution in [0.4, 0.5) is 5.69 Å². The Labute approximate surface area is 182 Å². The van der Waals surface area contributed by atoms with Crippen LogP contribution in [0.25, 0.3) is 0 Å². The van der Waals surface area contributed by atoms with Crippen LogP contribution >= 0.6 is 0 Å². The fourth-order valence-corrected chi connectivity index (χ4v) is 4.53. The fraction of sp³-hybridized carbons (Fsp3) is 0.381. The molecule has 0 unspecified atom stereocenters. The maximum atomic E-state index is 13.5. The first-order valence-electron chi connectivity index (χ1n) is 12.9. The van der Waals surface area contributed by atoms with E-state index in [1.807, 2.05) is 0 Å². The summed E-state index contributed by atoms with van der Waals surface area (Å²) in [5, 5.41) is 8.89. The molecule has 0 atom stereocenters. The maximum absolute atomic E-state index is 13.5. The van der Waals surface area contributed by atoms with Gasteiger partial charge in [-0.1, -0.05) is 24.3 Å². The molecule has 0 radical (unpaired) electrons. The number of hydrogen-bond donors (Lipinski definition) is 1. The van der Waals surface area contributed by atoms with Crippen LogP contribution in [0.1, 0.15) is 16.5 Å². The SMILES string of the molecule is [2H]C1([2H])N(CCOCCO)C([2H])([2H])C([2H])([2H])N(C2=Nc3ccccc3S(=O)(=O)c3ccccc32)C1([2H])[2H]. The number of aliphatic hydroxyl groups excluding tert-OH is 1. The Kier molecular flexibility index (Phi) is 3.70. The first kappa shape index (κ1) is 12.4. The summed E-state index contributed by atoms with van der Waals surface area (Å²) in [4.78, 5) is 4.48. The van der Waals surface area contributed by atoms with Gasteiger partial charge >= 0.3 is 0 Å². The Balaban J connectivity index is 1.96. The van der Waals surface area contributed by atoms with Crippen molar-refractivity contribution < 1.29 is 29.2 Å². The van der Waals surface area contributed by atoms with Gasteiger partial charge in [0.2, 0.25) is 9.84 Å². The average molecular weight is 424 g/mol. The number of sulfone groups is 1. The van der Waals surface area contributed by atoms with Gasteiger partial charge in [0.1, 0.15) is 5.84 Å². The predicted octanol–water partition coefficient (Wildman–Crippen LogP) is 1.54. The van der Waals surface area contributed by atoms with E-state index >= 15 is 0 Å². The summed E-state index contributed by atoms with van der Waals surface area (Å²) in [5.74, 6) is -0.567. The summed E-state index contributed by atoms with van der Waals surface area (Å²) < 4.78 is 101. The van der Waals surface area contributed by atoms with Gasteiger partial charge in [-0.05, 0) is 24.3 Å². The summed E-state index contributed by atoms with van der Waals surface area (Å²) in [6, 6.07) is 11.1. The molecule has 2 aliphatic heterocycles. The smallest absolute Gasteiger partial charge is 0.209 e. The molecule has 1 fully saturated rings. The number of fused-ring (bicyclic) bond motifs is 2. The molecule has 2 aliphatic rings. The Morgan fingerprint density at radius 2 is 1.69 bits per heavy atom. The molecule has 154 valence electrons. The lowest BCUT2D eigenvalue weighted by Crippen LogP contribution is -2.49. The lowest BCUT2D eigenvalue weighted by molar-refractivity contribution is 0.0652. The molecule has 2 heterocycles. The number of hydrogen-bond acceptors (Lipinski definition) is 7. The Bertz CT molecular complexity index is 1310. The van der Waals surface area contributed by atoms with Gasteiger partial charge < -0.3 is 14.7 Å². The first-order valence-corrected chi connectivity index (χ1v) is 10.4. The van der Waals surface area contributed by atoms with Gasteiger partial charge in [0.05, 0.1) is 40.8 Å². The van der Waals surface area contributed by atoms with Gasteiger partial charge in [0.15, 0.2) is 0 Å². The molecule has 29 heavy (non-hydrogen) atoms. The minimum Gasteiger partial charge on any atom is -0.394 e. The molecule has 0 bridgehead atoms. The third-order valence-electron chi connectivity index (χ3n) is 4.30. The lowest BCUT2D eigenvalue weighted by atomic mass is 10.1. The largest absolute Gasteiger partial charge is 0.394 e. The van der Waals surface area contributed by atoms with Crippen molar-refractivity contribution in [1.82, 2.24) is 9.80 Å². The monoisotopic (exact) mass is 423 g/mol. The lowest BCUT2D eigenvalue weighted by Gasteiger charge is -2.36. The third kappa shape index (κ3) is 4.06. The van der Waals surface area contributed by atoms with Crippen LogP contribution in [0.2, 0.25) is 0 Å². The Morgan fingerprint density at radius 1 is 1.00 bits per heavy atom. The van der Waals surface area contributed by atoms with Crippen LogP contribution < -0.4 is 0 Å². The first-order chi connectivity index (χ1) is 17.1. The van der Waals surface area contributed by atoms with E-state index in [0.29, 0.717) is 4.90 Å². The number of ether oxygens (including phenoxy) is 1. The van der Waals surface area contributed by atoms with Crippen molar-refractivity contribution in [3.05, 3.63) is 54.1 Å². The van der Waals surface area contributed by atoms with Crippen molar-refractivity contribution in [1.29, 1.82) is 0 Å². The standard InChI is InChI=1S/C21H25N3O4S/c25-14-16-28-15-13-23-9-11-24(12-10-23)21-17-5-1-3-7-19(17)29(26,27)20-8-4-2-6-18(20)22-21/h1-8,25H,9-16H2/i9D2,10D2,11D2,12D2. The number of nitrogens with zero attached hydrogens (tertiary/aromatic N) is 3. The van der Waals surface area contributed by atoms with Crippen LogP contribution in [0.3, 0.4) is 0 Å². The van der Waals surface area contributed by atoms with Gasteiger partial charge in [-0.25, -0.2) is 13.4 Å². The van der Waals surface area contributed by atoms with Crippen LogP contribution in [0.5, 0.6) is 0 Å². The molecular formula is C21H25N3O4S. The molecule has 8 heteroatoms. The van der Waals surface area contributed by atoms with E-state index in [2.05, 4.69) is 4.99 Å². The summed E-state index contributed by atoms with van der Waals surface area (Å²) in [7, 11) is -4.19. The van der Waals surface area contributed by atoms with Crippen molar-refractivity contribution >= 4 is 21.4 Å². The van der Waals surface area contributed by atoms with E-state index < -0.39 is 48.2 Å². The second kappa shape index (κ2) is 8.62. The summed E-state index contributed by atoms with van der Waals surface area (Å²) in [5.41, 5.74) is -0.320. The van der Waals surface area contributed by atoms with Crippen molar-refractivity contribution in [3.8, 4) is 0 Å². The molecule has 7 nitrogen and oxygen atoms in total. The van der Waals surface area contributed by atoms with Gasteiger partial charge in [-0.3, -0.25) is 4.90 Å². The van der Waals surface area contributed by atoms with E-state index in [4.69, 9.17) is 20.8 Å². The zero-order valence-electron chi connectivity index (χ0n) is 23.4. The highest BCUT2D eigenvalue weighted by Crippen LogP contribution is 2.35. The number of aliphatic hydroxyl groups is 1. The fourth-order valence-electron chi connectivity index (χ4n) is 2.94. The second-order valence-corrected chi connectivity index (χ2v) is 8.06. The van der Waals surface area contributed by atoms with E-state index in [0.717, 1.165) is 0 Å². The maximum Gasteiger partial charge on any atom is 0.209 e. The Hall–Kier alpha value is -2.26.